The van der Waals surface area contributed by atoms with E-state index in [-0.39, 0.29) is 29.7 Å². The number of amides is 2. The molecule has 2 aromatic carbocycles. The van der Waals surface area contributed by atoms with Gasteiger partial charge in [0.05, 0.1) is 16.3 Å². The second-order valence-electron chi connectivity index (χ2n) is 10.6. The lowest BCUT2D eigenvalue weighted by Gasteiger charge is -2.35. The molecule has 2 amide bonds. The molecule has 2 heterocycles. The number of thiazole rings is 1. The van der Waals surface area contributed by atoms with Crippen molar-refractivity contribution in [2.24, 2.45) is 11.8 Å². The first-order chi connectivity index (χ1) is 18.0. The van der Waals surface area contributed by atoms with Gasteiger partial charge in [0.25, 0.3) is 0 Å². The average molecular weight is 538 g/mol. The van der Waals surface area contributed by atoms with Crippen LogP contribution in [0.4, 0.5) is 0 Å². The minimum absolute atomic E-state index is 0.00783. The van der Waals surface area contributed by atoms with E-state index in [9.17, 15) is 9.59 Å². The number of hydrogen-bond acceptors (Lipinski definition) is 4. The largest absolute Gasteiger partial charge is 0.344 e. The van der Waals surface area contributed by atoms with Crippen LogP contribution in [0, 0.1) is 11.8 Å². The summed E-state index contributed by atoms with van der Waals surface area (Å²) in [5.41, 5.74) is 2.92. The Kier molecular flexibility index (Phi) is 8.15. The fraction of sp³-hybridized carbons (Fsp3) is 0.500. The molecule has 1 aliphatic heterocycles. The Labute approximate surface area is 228 Å². The number of hydrogen-bond donors (Lipinski definition) is 1. The molecule has 1 aliphatic carbocycles. The van der Waals surface area contributed by atoms with Crippen LogP contribution in [0.5, 0.6) is 0 Å². The molecule has 2 fully saturated rings. The van der Waals surface area contributed by atoms with Gasteiger partial charge in [-0.1, -0.05) is 75.0 Å². The van der Waals surface area contributed by atoms with Gasteiger partial charge in [0.15, 0.2) is 0 Å². The van der Waals surface area contributed by atoms with Gasteiger partial charge in [-0.3, -0.25) is 9.59 Å². The molecule has 5 rings (SSSR count). The minimum Gasteiger partial charge on any atom is -0.344 e. The van der Waals surface area contributed by atoms with E-state index in [1.165, 1.54) is 6.42 Å². The van der Waals surface area contributed by atoms with Gasteiger partial charge in [-0.25, -0.2) is 4.98 Å². The Bertz CT molecular complexity index is 1270. The summed E-state index contributed by atoms with van der Waals surface area (Å²) in [6.45, 7) is 4.66. The monoisotopic (exact) mass is 537 g/mol. The maximum Gasteiger partial charge on any atom is 0.246 e. The van der Waals surface area contributed by atoms with Crippen molar-refractivity contribution in [2.45, 2.75) is 77.3 Å². The van der Waals surface area contributed by atoms with Crippen LogP contribution in [0.15, 0.2) is 42.5 Å². The van der Waals surface area contributed by atoms with Crippen LogP contribution in [-0.2, 0) is 9.59 Å². The number of likely N-dealkylation sites (tertiary alicyclic amines) is 1. The van der Waals surface area contributed by atoms with Gasteiger partial charge in [-0.2, -0.15) is 0 Å². The topological polar surface area (TPSA) is 62.3 Å². The number of para-hydroxylation sites is 1. The van der Waals surface area contributed by atoms with Crippen LogP contribution >= 0.6 is 22.9 Å². The molecule has 3 atom stereocenters. The summed E-state index contributed by atoms with van der Waals surface area (Å²) in [4.78, 5) is 34.1. The van der Waals surface area contributed by atoms with E-state index >= 15 is 0 Å². The summed E-state index contributed by atoms with van der Waals surface area (Å²) < 4.78 is 1.10. The van der Waals surface area contributed by atoms with Gasteiger partial charge in [-0.05, 0) is 50.2 Å². The zero-order chi connectivity index (χ0) is 25.9. The molecule has 1 aromatic heterocycles. The van der Waals surface area contributed by atoms with Crippen LogP contribution in [0.3, 0.4) is 0 Å². The number of fused-ring (bicyclic) bond motifs is 1. The Balaban J connectivity index is 1.45. The Morgan fingerprint density at radius 2 is 1.81 bits per heavy atom. The second-order valence-corrected chi connectivity index (χ2v) is 12.0. The molecular formula is C30H36ClN3O2S. The Morgan fingerprint density at radius 1 is 1.05 bits per heavy atom. The van der Waals surface area contributed by atoms with Crippen molar-refractivity contribution in [3.05, 3.63) is 52.5 Å². The third kappa shape index (κ3) is 5.42. The van der Waals surface area contributed by atoms with Crippen molar-refractivity contribution in [1.82, 2.24) is 15.2 Å². The number of benzene rings is 2. The number of carbonyl (C=O) groups is 2. The molecule has 7 heteroatoms. The third-order valence-electron chi connectivity index (χ3n) is 8.17. The molecule has 2 aliphatic rings. The molecular weight excluding hydrogens is 502 g/mol. The van der Waals surface area contributed by atoms with Crippen LogP contribution in [0.1, 0.15) is 76.3 Å². The molecule has 1 N–H and O–H groups in total. The van der Waals surface area contributed by atoms with Gasteiger partial charge in [0, 0.05) is 28.6 Å². The average Bonchev–Trinajstić information content (AvgIpc) is 3.59. The van der Waals surface area contributed by atoms with E-state index < -0.39 is 6.04 Å². The molecule has 0 spiro atoms. The highest BCUT2D eigenvalue weighted by molar-refractivity contribution is 7.18. The first-order valence-corrected chi connectivity index (χ1v) is 14.9. The van der Waals surface area contributed by atoms with Crippen LogP contribution in [0.2, 0.25) is 5.02 Å². The Morgan fingerprint density at radius 3 is 2.57 bits per heavy atom. The van der Waals surface area contributed by atoms with E-state index in [0.29, 0.717) is 11.6 Å². The first-order valence-electron chi connectivity index (χ1n) is 13.7. The van der Waals surface area contributed by atoms with E-state index in [2.05, 4.69) is 17.4 Å². The standard InChI is InChI=1S/C30H36ClN3O2S/c1-3-19(2)28(35)32-26(20-11-5-4-6-12-20)30(36)34-18-10-16-24(34)29-33-27-22(14-9-17-25(27)37-29)21-13-7-8-15-23(21)31/h7-9,13-15,17,19-20,24,26H,3-6,10-12,16,18H2,1-2H3,(H,32,35)/t19-,24+,26+/m1/s1. The van der Waals surface area contributed by atoms with Crippen LogP contribution in [0.25, 0.3) is 21.3 Å². The van der Waals surface area contributed by atoms with Crippen molar-refractivity contribution in [3.63, 3.8) is 0 Å². The van der Waals surface area contributed by atoms with E-state index in [0.717, 1.165) is 71.3 Å². The molecule has 0 unspecified atom stereocenters. The van der Waals surface area contributed by atoms with Crippen molar-refractivity contribution in [3.8, 4) is 11.1 Å². The van der Waals surface area contributed by atoms with Crippen molar-refractivity contribution >= 4 is 45.0 Å². The fourth-order valence-corrected chi connectivity index (χ4v) is 7.18. The summed E-state index contributed by atoms with van der Waals surface area (Å²) in [5.74, 6) is 0.168. The lowest BCUT2D eigenvalue weighted by molar-refractivity contribution is -0.140. The predicted octanol–water partition coefficient (Wildman–Crippen LogP) is 7.39. The maximum absolute atomic E-state index is 14.1. The number of aromatic nitrogens is 1. The molecule has 3 aromatic rings. The molecule has 196 valence electrons. The third-order valence-corrected chi connectivity index (χ3v) is 9.62. The highest BCUT2D eigenvalue weighted by atomic mass is 35.5. The summed E-state index contributed by atoms with van der Waals surface area (Å²) in [5, 5.41) is 4.86. The summed E-state index contributed by atoms with van der Waals surface area (Å²) in [6, 6.07) is 13.5. The summed E-state index contributed by atoms with van der Waals surface area (Å²) in [6.07, 6.45) is 8.06. The number of halogens is 1. The highest BCUT2D eigenvalue weighted by Gasteiger charge is 2.40. The normalized spacial score (nSPS) is 20.2. The van der Waals surface area contributed by atoms with Gasteiger partial charge >= 0.3 is 0 Å². The molecule has 1 saturated carbocycles. The SMILES string of the molecule is CC[C@@H](C)C(=O)N[C@H](C(=O)N1CCC[C@H]1c1nc2c(-c3ccccc3Cl)cccc2s1)C1CCCCC1. The first kappa shape index (κ1) is 26.2. The number of rotatable bonds is 7. The lowest BCUT2D eigenvalue weighted by atomic mass is 9.83. The second kappa shape index (κ2) is 11.5. The minimum atomic E-state index is -0.449. The predicted molar refractivity (Wildman–Crippen MR) is 152 cm³/mol. The van der Waals surface area contributed by atoms with Crippen molar-refractivity contribution < 1.29 is 9.59 Å². The Hall–Kier alpha value is -2.44. The molecule has 1 saturated heterocycles. The zero-order valence-electron chi connectivity index (χ0n) is 21.7. The summed E-state index contributed by atoms with van der Waals surface area (Å²) in [7, 11) is 0. The fourth-order valence-electron chi connectivity index (χ4n) is 5.80. The number of carbonyl (C=O) groups excluding carboxylic acids is 2. The smallest absolute Gasteiger partial charge is 0.246 e. The molecule has 5 nitrogen and oxygen atoms in total. The van der Waals surface area contributed by atoms with Gasteiger partial charge in [0.1, 0.15) is 11.0 Å². The maximum atomic E-state index is 14.1. The van der Waals surface area contributed by atoms with Gasteiger partial charge in [0.2, 0.25) is 11.8 Å². The van der Waals surface area contributed by atoms with Gasteiger partial charge in [-0.15, -0.1) is 11.3 Å². The van der Waals surface area contributed by atoms with Gasteiger partial charge < -0.3 is 10.2 Å². The quantitative estimate of drug-likeness (QED) is 0.341. The zero-order valence-corrected chi connectivity index (χ0v) is 23.3. The van der Waals surface area contributed by atoms with E-state index in [1.807, 2.05) is 49.1 Å². The molecule has 37 heavy (non-hydrogen) atoms. The molecule has 0 bridgehead atoms. The van der Waals surface area contributed by atoms with E-state index in [4.69, 9.17) is 16.6 Å². The van der Waals surface area contributed by atoms with E-state index in [1.54, 1.807) is 11.3 Å². The highest BCUT2D eigenvalue weighted by Crippen LogP contribution is 2.41. The molecule has 0 radical (unpaired) electrons. The van der Waals surface area contributed by atoms with Crippen molar-refractivity contribution in [1.29, 1.82) is 0 Å². The number of nitrogens with one attached hydrogen (secondary N) is 1. The lowest BCUT2D eigenvalue weighted by Crippen LogP contribution is -2.53. The van der Waals surface area contributed by atoms with Crippen LogP contribution in [-0.4, -0.2) is 34.3 Å². The summed E-state index contributed by atoms with van der Waals surface area (Å²) >= 11 is 8.19. The number of nitrogens with zero attached hydrogens (tertiary/aromatic N) is 2. The van der Waals surface area contributed by atoms with Crippen LogP contribution < -0.4 is 5.32 Å². The van der Waals surface area contributed by atoms with Crippen molar-refractivity contribution in [2.75, 3.05) is 6.54 Å².